The van der Waals surface area contributed by atoms with E-state index in [4.69, 9.17) is 9.84 Å². The van der Waals surface area contributed by atoms with Crippen molar-refractivity contribution >= 4 is 23.4 Å². The number of ether oxygens (including phenoxy) is 1. The van der Waals surface area contributed by atoms with E-state index in [1.54, 1.807) is 60.7 Å². The molecule has 0 saturated carbocycles. The average molecular weight is 457 g/mol. The number of carboxylic acids is 1. The van der Waals surface area contributed by atoms with E-state index in [0.29, 0.717) is 29.0 Å². The van der Waals surface area contributed by atoms with Gasteiger partial charge in [-0.2, -0.15) is 0 Å². The first-order valence-corrected chi connectivity index (χ1v) is 10.8. The molecule has 4 rings (SSSR count). The first-order chi connectivity index (χ1) is 16.4. The Labute approximate surface area is 196 Å². The topological polar surface area (TPSA) is 104 Å². The lowest BCUT2D eigenvalue weighted by molar-refractivity contribution is -0.140. The Balaban J connectivity index is 1.76. The van der Waals surface area contributed by atoms with E-state index in [9.17, 15) is 19.5 Å². The molecule has 1 heterocycles. The molecule has 2 N–H and O–H groups in total. The van der Waals surface area contributed by atoms with Crippen LogP contribution in [0, 0.1) is 0 Å². The number of carboxylic acid groups (broad SMARTS) is 1. The molecule has 0 aliphatic carbocycles. The highest BCUT2D eigenvalue weighted by atomic mass is 16.5. The molecule has 1 fully saturated rings. The number of aromatic carboxylic acids is 1. The van der Waals surface area contributed by atoms with Crippen LogP contribution in [0.25, 0.3) is 5.76 Å². The molecule has 1 aliphatic heterocycles. The molecular formula is C27H23NO6. The summed E-state index contributed by atoms with van der Waals surface area (Å²) in [6.07, 6.45) is 0. The van der Waals surface area contributed by atoms with E-state index in [1.165, 1.54) is 17.0 Å². The highest BCUT2D eigenvalue weighted by molar-refractivity contribution is 6.46. The van der Waals surface area contributed by atoms with Gasteiger partial charge < -0.3 is 19.8 Å². The number of nitrogens with zero attached hydrogens (tertiary/aromatic N) is 1. The van der Waals surface area contributed by atoms with Crippen LogP contribution >= 0.6 is 0 Å². The van der Waals surface area contributed by atoms with Crippen molar-refractivity contribution in [3.63, 3.8) is 0 Å². The zero-order valence-electron chi connectivity index (χ0n) is 18.5. The van der Waals surface area contributed by atoms with E-state index in [0.717, 1.165) is 0 Å². The summed E-state index contributed by atoms with van der Waals surface area (Å²) in [6, 6.07) is 21.0. The molecule has 7 nitrogen and oxygen atoms in total. The number of amides is 1. The van der Waals surface area contributed by atoms with Crippen LogP contribution in [-0.4, -0.2) is 39.4 Å². The van der Waals surface area contributed by atoms with Crippen molar-refractivity contribution in [3.8, 4) is 5.75 Å². The van der Waals surface area contributed by atoms with E-state index in [-0.39, 0.29) is 23.4 Å². The van der Waals surface area contributed by atoms with E-state index >= 15 is 0 Å². The molecule has 7 heteroatoms. The number of hydrogen-bond donors (Lipinski definition) is 2. The van der Waals surface area contributed by atoms with Crippen molar-refractivity contribution in [2.75, 3.05) is 6.61 Å². The maximum absolute atomic E-state index is 13.1. The van der Waals surface area contributed by atoms with E-state index in [1.807, 2.05) is 13.0 Å². The van der Waals surface area contributed by atoms with Crippen LogP contribution in [0.15, 0.2) is 84.4 Å². The van der Waals surface area contributed by atoms with Gasteiger partial charge in [-0.05, 0) is 54.4 Å². The highest BCUT2D eigenvalue weighted by Crippen LogP contribution is 2.40. The van der Waals surface area contributed by atoms with Crippen LogP contribution in [0.1, 0.15) is 40.0 Å². The maximum atomic E-state index is 13.1. The molecule has 0 aromatic heterocycles. The monoisotopic (exact) mass is 457 g/mol. The number of carbonyl (C=O) groups is 3. The van der Waals surface area contributed by atoms with Gasteiger partial charge in [0.05, 0.1) is 23.8 Å². The van der Waals surface area contributed by atoms with Crippen LogP contribution in [0.5, 0.6) is 5.75 Å². The van der Waals surface area contributed by atoms with Crippen molar-refractivity contribution in [2.24, 2.45) is 0 Å². The summed E-state index contributed by atoms with van der Waals surface area (Å²) in [5.74, 6) is -2.19. The predicted molar refractivity (Wildman–Crippen MR) is 125 cm³/mol. The number of hydrogen-bond acceptors (Lipinski definition) is 5. The van der Waals surface area contributed by atoms with Crippen molar-refractivity contribution in [1.29, 1.82) is 0 Å². The van der Waals surface area contributed by atoms with Crippen molar-refractivity contribution in [3.05, 3.63) is 107 Å². The van der Waals surface area contributed by atoms with Gasteiger partial charge in [-0.25, -0.2) is 4.79 Å². The van der Waals surface area contributed by atoms with Gasteiger partial charge in [-0.1, -0.05) is 42.5 Å². The van der Waals surface area contributed by atoms with Gasteiger partial charge in [0.15, 0.2) is 0 Å². The molecule has 0 radical (unpaired) electrons. The van der Waals surface area contributed by atoms with E-state index < -0.39 is 23.7 Å². The molecule has 1 unspecified atom stereocenters. The Bertz CT molecular complexity index is 1250. The van der Waals surface area contributed by atoms with Gasteiger partial charge >= 0.3 is 5.97 Å². The third kappa shape index (κ3) is 4.41. The Morgan fingerprint density at radius 3 is 2.09 bits per heavy atom. The number of likely N-dealkylation sites (tertiary alicyclic amines) is 1. The zero-order chi connectivity index (χ0) is 24.2. The SMILES string of the molecule is CCOc1ccc(/C(O)=C2\C(=O)C(=O)N(Cc3ccc(C(=O)O)cc3)C2c2ccccc2)cc1. The van der Waals surface area contributed by atoms with Gasteiger partial charge in [-0.3, -0.25) is 9.59 Å². The Kier molecular flexibility index (Phi) is 6.45. The fourth-order valence-electron chi connectivity index (χ4n) is 4.01. The number of carbonyl (C=O) groups excluding carboxylic acids is 2. The first kappa shape index (κ1) is 22.8. The Morgan fingerprint density at radius 1 is 0.882 bits per heavy atom. The predicted octanol–water partition coefficient (Wildman–Crippen LogP) is 4.41. The standard InChI is InChI=1S/C27H23NO6/c1-2-34-21-14-12-19(13-15-21)24(29)22-23(18-6-4-3-5-7-18)28(26(31)25(22)30)16-17-8-10-20(11-9-17)27(32)33/h3-15,23,29H,2,16H2,1H3,(H,32,33)/b24-22+. The number of aliphatic hydroxyl groups excluding tert-OH is 1. The lowest BCUT2D eigenvalue weighted by atomic mass is 9.95. The van der Waals surface area contributed by atoms with Crippen LogP contribution in [-0.2, 0) is 16.1 Å². The summed E-state index contributed by atoms with van der Waals surface area (Å²) in [5, 5.41) is 20.2. The first-order valence-electron chi connectivity index (χ1n) is 10.8. The summed E-state index contributed by atoms with van der Waals surface area (Å²) < 4.78 is 5.44. The molecule has 1 saturated heterocycles. The molecular weight excluding hydrogens is 434 g/mol. The summed E-state index contributed by atoms with van der Waals surface area (Å²) in [4.78, 5) is 38.7. The average Bonchev–Trinajstić information content (AvgIpc) is 3.10. The second-order valence-corrected chi connectivity index (χ2v) is 7.80. The minimum absolute atomic E-state index is 0.00233. The largest absolute Gasteiger partial charge is 0.507 e. The smallest absolute Gasteiger partial charge is 0.335 e. The minimum atomic E-state index is -1.05. The number of Topliss-reactive ketones (excluding diaryl/α,β-unsaturated/α-hetero) is 1. The summed E-state index contributed by atoms with van der Waals surface area (Å²) >= 11 is 0. The second-order valence-electron chi connectivity index (χ2n) is 7.80. The zero-order valence-corrected chi connectivity index (χ0v) is 18.5. The molecule has 1 atom stereocenters. The molecule has 34 heavy (non-hydrogen) atoms. The second kappa shape index (κ2) is 9.62. The van der Waals surface area contributed by atoms with Gasteiger partial charge in [0.25, 0.3) is 11.7 Å². The molecule has 0 bridgehead atoms. The normalized spacial score (nSPS) is 17.1. The fraction of sp³-hybridized carbons (Fsp3) is 0.148. The van der Waals surface area contributed by atoms with Crippen molar-refractivity contribution in [2.45, 2.75) is 19.5 Å². The van der Waals surface area contributed by atoms with Crippen LogP contribution in [0.2, 0.25) is 0 Å². The quantitative estimate of drug-likeness (QED) is 0.310. The lowest BCUT2D eigenvalue weighted by Crippen LogP contribution is -2.29. The number of ketones is 1. The lowest BCUT2D eigenvalue weighted by Gasteiger charge is -2.25. The van der Waals surface area contributed by atoms with Crippen molar-refractivity contribution in [1.82, 2.24) is 4.90 Å². The molecule has 1 aliphatic rings. The molecule has 3 aromatic carbocycles. The summed E-state index contributed by atoms with van der Waals surface area (Å²) in [5.41, 5.74) is 1.86. The van der Waals surface area contributed by atoms with E-state index in [2.05, 4.69) is 0 Å². The van der Waals surface area contributed by atoms with Crippen LogP contribution < -0.4 is 4.74 Å². The fourth-order valence-corrected chi connectivity index (χ4v) is 4.01. The molecule has 172 valence electrons. The maximum Gasteiger partial charge on any atom is 0.335 e. The third-order valence-electron chi connectivity index (χ3n) is 5.65. The molecule has 3 aromatic rings. The van der Waals surface area contributed by atoms with Crippen LogP contribution in [0.3, 0.4) is 0 Å². The van der Waals surface area contributed by atoms with Crippen molar-refractivity contribution < 1.29 is 29.3 Å². The third-order valence-corrected chi connectivity index (χ3v) is 5.65. The number of aliphatic hydroxyl groups is 1. The number of rotatable bonds is 7. The molecule has 0 spiro atoms. The van der Waals surface area contributed by atoms with Crippen LogP contribution in [0.4, 0.5) is 0 Å². The van der Waals surface area contributed by atoms with Gasteiger partial charge in [0.2, 0.25) is 0 Å². The van der Waals surface area contributed by atoms with Gasteiger partial charge in [0.1, 0.15) is 11.5 Å². The minimum Gasteiger partial charge on any atom is -0.507 e. The van der Waals surface area contributed by atoms with Gasteiger partial charge in [0, 0.05) is 12.1 Å². The highest BCUT2D eigenvalue weighted by Gasteiger charge is 2.46. The Hall–Kier alpha value is -4.39. The summed E-state index contributed by atoms with van der Waals surface area (Å²) in [7, 11) is 0. The summed E-state index contributed by atoms with van der Waals surface area (Å²) in [6.45, 7) is 2.44. The Morgan fingerprint density at radius 2 is 1.50 bits per heavy atom. The molecule has 1 amide bonds. The van der Waals surface area contributed by atoms with Gasteiger partial charge in [-0.15, -0.1) is 0 Å². The number of benzene rings is 3.